The van der Waals surface area contributed by atoms with Gasteiger partial charge < -0.3 is 4.74 Å². The summed E-state index contributed by atoms with van der Waals surface area (Å²) in [6.45, 7) is 0. The summed E-state index contributed by atoms with van der Waals surface area (Å²) >= 11 is 0. The molecule has 0 heterocycles. The van der Waals surface area contributed by atoms with E-state index in [1.807, 2.05) is 0 Å². The van der Waals surface area contributed by atoms with E-state index in [0.717, 1.165) is 22.5 Å². The third-order valence-corrected chi connectivity index (χ3v) is 4.85. The summed E-state index contributed by atoms with van der Waals surface area (Å²) in [6, 6.07) is 8.57. The maximum atomic E-state index is 5.15. The van der Waals surface area contributed by atoms with Gasteiger partial charge in [0.25, 0.3) is 0 Å². The van der Waals surface area contributed by atoms with Crippen molar-refractivity contribution in [1.82, 2.24) is 0 Å². The summed E-state index contributed by atoms with van der Waals surface area (Å²) in [5.41, 5.74) is 3.28. The molecule has 4 rings (SSSR count). The zero-order chi connectivity index (χ0) is 9.39. The molecule has 0 atom stereocenters. The number of hydrogen-bond acceptors (Lipinski definition) is 1. The highest BCUT2D eigenvalue weighted by molar-refractivity contribution is 5.52. The molecule has 0 aromatic heterocycles. The third-order valence-electron chi connectivity index (χ3n) is 4.85. The van der Waals surface area contributed by atoms with Gasteiger partial charge in [-0.1, -0.05) is 12.1 Å². The Morgan fingerprint density at radius 2 is 1.86 bits per heavy atom. The largest absolute Gasteiger partial charge is 0.497 e. The lowest BCUT2D eigenvalue weighted by molar-refractivity contribution is 0.320. The van der Waals surface area contributed by atoms with E-state index in [-0.39, 0.29) is 0 Å². The van der Waals surface area contributed by atoms with Gasteiger partial charge in [0, 0.05) is 0 Å². The zero-order valence-corrected chi connectivity index (χ0v) is 8.42. The number of rotatable bonds is 3. The van der Waals surface area contributed by atoms with E-state index in [1.165, 1.54) is 12.0 Å². The number of ether oxygens (including phenoxy) is 1. The highest BCUT2D eigenvalue weighted by Crippen LogP contribution is 3.09. The van der Waals surface area contributed by atoms with Gasteiger partial charge in [-0.25, -0.2) is 0 Å². The van der Waals surface area contributed by atoms with E-state index in [0.29, 0.717) is 0 Å². The van der Waals surface area contributed by atoms with Gasteiger partial charge in [-0.3, -0.25) is 0 Å². The normalized spacial score (nSPS) is 45.1. The second kappa shape index (κ2) is 1.86. The number of methoxy groups -OCH3 is 1. The quantitative estimate of drug-likeness (QED) is 0.705. The van der Waals surface area contributed by atoms with Crippen molar-refractivity contribution < 1.29 is 4.74 Å². The van der Waals surface area contributed by atoms with Gasteiger partial charge in [-0.05, 0) is 53.7 Å². The molecular formula is C13H14O. The van der Waals surface area contributed by atoms with E-state index in [4.69, 9.17) is 4.74 Å². The topological polar surface area (TPSA) is 9.23 Å². The van der Waals surface area contributed by atoms with Crippen LogP contribution in [-0.2, 0) is 6.42 Å². The Bertz CT molecular complexity index is 384. The van der Waals surface area contributed by atoms with Crippen LogP contribution >= 0.6 is 0 Å². The zero-order valence-electron chi connectivity index (χ0n) is 8.42. The van der Waals surface area contributed by atoms with Crippen molar-refractivity contribution in [1.29, 1.82) is 0 Å². The molecule has 1 aromatic carbocycles. The molecule has 14 heavy (non-hydrogen) atoms. The molecule has 1 nitrogen and oxygen atoms in total. The van der Waals surface area contributed by atoms with Crippen LogP contribution in [0.25, 0.3) is 0 Å². The van der Waals surface area contributed by atoms with Crippen LogP contribution in [0.15, 0.2) is 24.3 Å². The van der Waals surface area contributed by atoms with Gasteiger partial charge in [-0.2, -0.15) is 0 Å². The average molecular weight is 186 g/mol. The van der Waals surface area contributed by atoms with E-state index < -0.39 is 0 Å². The van der Waals surface area contributed by atoms with Gasteiger partial charge in [0.2, 0.25) is 0 Å². The molecule has 0 unspecified atom stereocenters. The summed E-state index contributed by atoms with van der Waals surface area (Å²) in [7, 11) is 1.72. The Balaban J connectivity index is 1.49. The fourth-order valence-corrected chi connectivity index (χ4v) is 3.44. The Kier molecular flexibility index (Phi) is 0.973. The monoisotopic (exact) mass is 186 g/mol. The van der Waals surface area contributed by atoms with Crippen LogP contribution in [0.5, 0.6) is 5.75 Å². The first-order valence-corrected chi connectivity index (χ1v) is 5.44. The Labute approximate surface area is 84.1 Å². The standard InChI is InChI=1S/C13H14O/c1-14-10-4-2-9(3-5-10)6-11-12-7-13(11,12)8-12/h2-5,11H,6-8H2,1H3. The molecule has 72 valence electrons. The minimum atomic E-state index is 0.896. The minimum Gasteiger partial charge on any atom is -0.497 e. The highest BCUT2D eigenvalue weighted by Gasteiger charge is 3.03. The highest BCUT2D eigenvalue weighted by atomic mass is 16.5. The van der Waals surface area contributed by atoms with Crippen molar-refractivity contribution in [3.63, 3.8) is 0 Å². The van der Waals surface area contributed by atoms with Crippen LogP contribution in [0.1, 0.15) is 18.4 Å². The third kappa shape index (κ3) is 0.627. The molecule has 0 aliphatic heterocycles. The SMILES string of the molecule is COc1ccc(CC2C34CC23C4)cc1. The predicted molar refractivity (Wildman–Crippen MR) is 54.3 cm³/mol. The lowest BCUT2D eigenvalue weighted by Gasteiger charge is -2.21. The fraction of sp³-hybridized carbons (Fsp3) is 0.538. The van der Waals surface area contributed by atoms with Gasteiger partial charge in [0.05, 0.1) is 7.11 Å². The van der Waals surface area contributed by atoms with E-state index >= 15 is 0 Å². The van der Waals surface area contributed by atoms with Crippen LogP contribution in [0.2, 0.25) is 0 Å². The average Bonchev–Trinajstić information content (AvgIpc) is 3.06. The molecule has 3 fully saturated rings. The summed E-state index contributed by atoms with van der Waals surface area (Å²) in [4.78, 5) is 0. The maximum Gasteiger partial charge on any atom is 0.118 e. The molecule has 3 aliphatic carbocycles. The van der Waals surface area contributed by atoms with Crippen molar-refractivity contribution in [2.24, 2.45) is 16.7 Å². The lowest BCUT2D eigenvalue weighted by atomic mass is 9.84. The molecule has 1 heteroatoms. The van der Waals surface area contributed by atoms with Crippen molar-refractivity contribution in [3.05, 3.63) is 29.8 Å². The Morgan fingerprint density at radius 1 is 1.21 bits per heavy atom. The fourth-order valence-electron chi connectivity index (χ4n) is 3.44. The van der Waals surface area contributed by atoms with Gasteiger partial charge in [0.1, 0.15) is 5.75 Å². The van der Waals surface area contributed by atoms with Crippen molar-refractivity contribution >= 4 is 0 Å². The van der Waals surface area contributed by atoms with Gasteiger partial charge >= 0.3 is 0 Å². The van der Waals surface area contributed by atoms with Crippen molar-refractivity contribution in [2.75, 3.05) is 7.11 Å². The minimum absolute atomic E-state index is 0.896. The molecule has 0 spiro atoms. The smallest absolute Gasteiger partial charge is 0.118 e. The molecule has 0 amide bonds. The first-order chi connectivity index (χ1) is 6.81. The molecule has 1 aromatic rings. The molecule has 3 saturated carbocycles. The van der Waals surface area contributed by atoms with E-state index in [2.05, 4.69) is 24.3 Å². The molecule has 3 aliphatic rings. The van der Waals surface area contributed by atoms with Crippen LogP contribution < -0.4 is 4.74 Å². The summed E-state index contributed by atoms with van der Waals surface area (Å²) in [5, 5.41) is 0. The van der Waals surface area contributed by atoms with Crippen LogP contribution in [0.4, 0.5) is 0 Å². The van der Waals surface area contributed by atoms with Gasteiger partial charge in [-0.15, -0.1) is 0 Å². The van der Waals surface area contributed by atoms with Gasteiger partial charge in [0.15, 0.2) is 0 Å². The maximum absolute atomic E-state index is 5.15. The van der Waals surface area contributed by atoms with E-state index in [9.17, 15) is 0 Å². The molecular weight excluding hydrogens is 172 g/mol. The molecule has 0 radical (unpaired) electrons. The van der Waals surface area contributed by atoms with Crippen LogP contribution in [0.3, 0.4) is 0 Å². The van der Waals surface area contributed by atoms with Crippen molar-refractivity contribution in [2.45, 2.75) is 19.3 Å². The summed E-state index contributed by atoms with van der Waals surface area (Å²) in [6.07, 6.45) is 4.42. The first kappa shape index (κ1) is 7.33. The van der Waals surface area contributed by atoms with Crippen LogP contribution in [0, 0.1) is 16.7 Å². The van der Waals surface area contributed by atoms with Crippen molar-refractivity contribution in [3.8, 4) is 5.75 Å². The first-order valence-electron chi connectivity index (χ1n) is 5.44. The summed E-state index contributed by atoms with van der Waals surface area (Å²) < 4.78 is 5.15. The molecule has 0 bridgehead atoms. The summed E-state index contributed by atoms with van der Waals surface area (Å²) in [5.74, 6) is 2.03. The number of hydrogen-bond donors (Lipinski definition) is 0. The Morgan fingerprint density at radius 3 is 2.29 bits per heavy atom. The van der Waals surface area contributed by atoms with Crippen LogP contribution in [-0.4, -0.2) is 7.11 Å². The molecule has 0 N–H and O–H groups in total. The number of benzene rings is 1. The predicted octanol–water partition coefficient (Wildman–Crippen LogP) is 2.65. The second-order valence-corrected chi connectivity index (χ2v) is 5.27. The van der Waals surface area contributed by atoms with E-state index in [1.54, 1.807) is 20.0 Å². The lowest BCUT2D eigenvalue weighted by Crippen LogP contribution is -2.14. The molecule has 0 saturated heterocycles. The second-order valence-electron chi connectivity index (χ2n) is 5.27. The Hall–Kier alpha value is -0.980.